The molecule has 0 fully saturated rings. The summed E-state index contributed by atoms with van der Waals surface area (Å²) in [6.45, 7) is 0. The number of aromatic nitrogens is 3. The molecule has 1 N–H and O–H groups in total. The molecule has 0 spiro atoms. The lowest BCUT2D eigenvalue weighted by Gasteiger charge is -2.02. The van der Waals surface area contributed by atoms with E-state index in [0.29, 0.717) is 5.95 Å². The van der Waals surface area contributed by atoms with E-state index in [9.17, 15) is 10.1 Å². The number of nitro groups is 1. The normalized spacial score (nSPS) is 9.75. The van der Waals surface area contributed by atoms with E-state index < -0.39 is 4.92 Å². The van der Waals surface area contributed by atoms with E-state index in [-0.39, 0.29) is 5.69 Å². The average molecular weight is 217 g/mol. The Morgan fingerprint density at radius 3 is 2.56 bits per heavy atom. The minimum absolute atomic E-state index is 0.142. The Labute approximate surface area is 90.4 Å². The molecule has 0 unspecified atom stereocenters. The first-order chi connectivity index (χ1) is 7.75. The van der Waals surface area contributed by atoms with Crippen molar-refractivity contribution in [1.29, 1.82) is 0 Å². The van der Waals surface area contributed by atoms with E-state index in [0.717, 1.165) is 18.1 Å². The zero-order valence-electron chi connectivity index (χ0n) is 8.07. The zero-order valence-corrected chi connectivity index (χ0v) is 8.07. The fourth-order valence-corrected chi connectivity index (χ4v) is 1.05. The quantitative estimate of drug-likeness (QED) is 0.618. The van der Waals surface area contributed by atoms with Crippen LogP contribution in [0.1, 0.15) is 0 Å². The summed E-state index contributed by atoms with van der Waals surface area (Å²) in [4.78, 5) is 21.3. The summed E-state index contributed by atoms with van der Waals surface area (Å²) >= 11 is 0. The molecule has 16 heavy (non-hydrogen) atoms. The standard InChI is InChI=1S/C9H7N5O2/c15-14(16)8-5-11-9(12-6-8)13-7-2-1-3-10-4-7/h1-6H,(H,11,12,13). The van der Waals surface area contributed by atoms with Crippen LogP contribution in [0.2, 0.25) is 0 Å². The van der Waals surface area contributed by atoms with E-state index in [1.165, 1.54) is 0 Å². The monoisotopic (exact) mass is 217 g/mol. The maximum atomic E-state index is 10.4. The van der Waals surface area contributed by atoms with Crippen LogP contribution in [0.3, 0.4) is 0 Å². The molecule has 0 aliphatic carbocycles. The van der Waals surface area contributed by atoms with Crippen molar-refractivity contribution < 1.29 is 4.92 Å². The number of nitrogens with one attached hydrogen (secondary N) is 1. The molecule has 0 aliphatic rings. The van der Waals surface area contributed by atoms with Gasteiger partial charge in [0.1, 0.15) is 12.4 Å². The van der Waals surface area contributed by atoms with Gasteiger partial charge >= 0.3 is 5.69 Å². The maximum Gasteiger partial charge on any atom is 0.305 e. The van der Waals surface area contributed by atoms with Gasteiger partial charge in [-0.05, 0) is 12.1 Å². The fourth-order valence-electron chi connectivity index (χ4n) is 1.05. The largest absolute Gasteiger partial charge is 0.323 e. The van der Waals surface area contributed by atoms with Gasteiger partial charge in [-0.15, -0.1) is 0 Å². The molecule has 0 bridgehead atoms. The lowest BCUT2D eigenvalue weighted by molar-refractivity contribution is -0.385. The van der Waals surface area contributed by atoms with Crippen molar-refractivity contribution in [3.05, 3.63) is 47.0 Å². The van der Waals surface area contributed by atoms with Gasteiger partial charge in [-0.3, -0.25) is 15.1 Å². The molecule has 0 radical (unpaired) electrons. The van der Waals surface area contributed by atoms with Crippen molar-refractivity contribution in [2.24, 2.45) is 0 Å². The topological polar surface area (TPSA) is 93.8 Å². The van der Waals surface area contributed by atoms with Gasteiger partial charge < -0.3 is 5.32 Å². The second-order valence-electron chi connectivity index (χ2n) is 2.89. The third-order valence-electron chi connectivity index (χ3n) is 1.77. The Kier molecular flexibility index (Phi) is 2.68. The van der Waals surface area contributed by atoms with Gasteiger partial charge in [-0.1, -0.05) is 0 Å². The number of pyridine rings is 1. The molecule has 0 saturated heterocycles. The van der Waals surface area contributed by atoms with Gasteiger partial charge in [0.15, 0.2) is 0 Å². The summed E-state index contributed by atoms with van der Waals surface area (Å²) in [6.07, 6.45) is 5.53. The van der Waals surface area contributed by atoms with Crippen molar-refractivity contribution in [2.45, 2.75) is 0 Å². The van der Waals surface area contributed by atoms with Crippen molar-refractivity contribution in [2.75, 3.05) is 5.32 Å². The predicted molar refractivity (Wildman–Crippen MR) is 56.2 cm³/mol. The Bertz CT molecular complexity index is 485. The van der Waals surface area contributed by atoms with Crippen molar-refractivity contribution in [1.82, 2.24) is 15.0 Å². The first kappa shape index (κ1) is 9.97. The molecule has 7 heteroatoms. The highest BCUT2D eigenvalue weighted by Crippen LogP contribution is 2.12. The Morgan fingerprint density at radius 2 is 2.00 bits per heavy atom. The Hall–Kier alpha value is -2.57. The fraction of sp³-hybridized carbons (Fsp3) is 0. The van der Waals surface area contributed by atoms with Gasteiger partial charge in [0, 0.05) is 6.20 Å². The molecule has 0 aliphatic heterocycles. The molecule has 2 rings (SSSR count). The van der Waals surface area contributed by atoms with Gasteiger partial charge in [-0.2, -0.15) is 0 Å². The number of nitrogens with zero attached hydrogens (tertiary/aromatic N) is 4. The van der Waals surface area contributed by atoms with E-state index in [1.807, 2.05) is 0 Å². The Balaban J connectivity index is 2.14. The van der Waals surface area contributed by atoms with Crippen LogP contribution < -0.4 is 5.32 Å². The van der Waals surface area contributed by atoms with Crippen LogP contribution in [-0.4, -0.2) is 19.9 Å². The summed E-state index contributed by atoms with van der Waals surface area (Å²) in [5.74, 6) is 0.290. The molecule has 0 saturated carbocycles. The molecular formula is C9H7N5O2. The van der Waals surface area contributed by atoms with Crippen LogP contribution in [0.4, 0.5) is 17.3 Å². The lowest BCUT2D eigenvalue weighted by atomic mass is 10.4. The summed E-state index contributed by atoms with van der Waals surface area (Å²) in [5.41, 5.74) is 0.577. The van der Waals surface area contributed by atoms with Crippen molar-refractivity contribution in [3.63, 3.8) is 0 Å². The second-order valence-corrected chi connectivity index (χ2v) is 2.89. The molecule has 80 valence electrons. The maximum absolute atomic E-state index is 10.4. The van der Waals surface area contributed by atoms with E-state index in [4.69, 9.17) is 0 Å². The summed E-state index contributed by atoms with van der Waals surface area (Å²) < 4.78 is 0. The van der Waals surface area contributed by atoms with Gasteiger partial charge in [0.05, 0.1) is 16.8 Å². The molecule has 7 nitrogen and oxygen atoms in total. The van der Waals surface area contributed by atoms with Crippen LogP contribution in [0.25, 0.3) is 0 Å². The van der Waals surface area contributed by atoms with Crippen LogP contribution in [-0.2, 0) is 0 Å². The Morgan fingerprint density at radius 1 is 1.25 bits per heavy atom. The molecular weight excluding hydrogens is 210 g/mol. The summed E-state index contributed by atoms with van der Waals surface area (Å²) in [5, 5.41) is 13.2. The summed E-state index contributed by atoms with van der Waals surface area (Å²) in [7, 11) is 0. The first-order valence-corrected chi connectivity index (χ1v) is 4.39. The van der Waals surface area contributed by atoms with Crippen LogP contribution in [0.5, 0.6) is 0 Å². The van der Waals surface area contributed by atoms with Crippen molar-refractivity contribution in [3.8, 4) is 0 Å². The second kappa shape index (κ2) is 4.30. The third-order valence-corrected chi connectivity index (χ3v) is 1.77. The number of anilines is 2. The zero-order chi connectivity index (χ0) is 11.4. The number of rotatable bonds is 3. The smallest absolute Gasteiger partial charge is 0.305 e. The molecule has 0 atom stereocenters. The van der Waals surface area contributed by atoms with E-state index in [1.54, 1.807) is 24.5 Å². The number of hydrogen-bond acceptors (Lipinski definition) is 6. The van der Waals surface area contributed by atoms with E-state index in [2.05, 4.69) is 20.3 Å². The average Bonchev–Trinajstić information content (AvgIpc) is 2.31. The van der Waals surface area contributed by atoms with Gasteiger partial charge in [0.2, 0.25) is 5.95 Å². The number of hydrogen-bond donors (Lipinski definition) is 1. The summed E-state index contributed by atoms with van der Waals surface area (Å²) in [6, 6.07) is 3.55. The SMILES string of the molecule is O=[N+]([O-])c1cnc(Nc2cccnc2)nc1. The molecule has 2 aromatic heterocycles. The van der Waals surface area contributed by atoms with Crippen molar-refractivity contribution >= 4 is 17.3 Å². The van der Waals surface area contributed by atoms with Crippen LogP contribution in [0.15, 0.2) is 36.9 Å². The predicted octanol–water partition coefficient (Wildman–Crippen LogP) is 1.52. The highest BCUT2D eigenvalue weighted by molar-refractivity contribution is 5.51. The van der Waals surface area contributed by atoms with Crippen LogP contribution in [0, 0.1) is 10.1 Å². The molecule has 0 amide bonds. The minimum Gasteiger partial charge on any atom is -0.323 e. The molecule has 2 aromatic rings. The van der Waals surface area contributed by atoms with Gasteiger partial charge in [-0.25, -0.2) is 9.97 Å². The third kappa shape index (κ3) is 2.27. The van der Waals surface area contributed by atoms with E-state index >= 15 is 0 Å². The highest BCUT2D eigenvalue weighted by atomic mass is 16.6. The minimum atomic E-state index is -0.548. The van der Waals surface area contributed by atoms with Gasteiger partial charge in [0.25, 0.3) is 0 Å². The van der Waals surface area contributed by atoms with Crippen LogP contribution >= 0.6 is 0 Å². The molecule has 2 heterocycles. The highest BCUT2D eigenvalue weighted by Gasteiger charge is 2.06. The molecule has 0 aromatic carbocycles. The first-order valence-electron chi connectivity index (χ1n) is 4.39. The lowest BCUT2D eigenvalue weighted by Crippen LogP contribution is -1.98.